The lowest BCUT2D eigenvalue weighted by atomic mass is 10.1. The molecule has 1 N–H and O–H groups in total. The summed E-state index contributed by atoms with van der Waals surface area (Å²) >= 11 is 0. The number of carbonyl (C=O) groups is 2. The third-order valence-corrected chi connectivity index (χ3v) is 4.40. The first kappa shape index (κ1) is 19.3. The third kappa shape index (κ3) is 4.33. The fraction of sp³-hybridized carbons (Fsp3) is 0.136. The monoisotopic (exact) mass is 406 g/mol. The molecule has 8 nitrogen and oxygen atoms in total. The third-order valence-electron chi connectivity index (χ3n) is 4.40. The molecule has 0 atom stereocenters. The molecule has 4 rings (SSSR count). The van der Waals surface area contributed by atoms with Crippen LogP contribution in [-0.2, 0) is 16.0 Å². The average molecular weight is 406 g/mol. The predicted octanol–water partition coefficient (Wildman–Crippen LogP) is 3.15. The molecule has 30 heavy (non-hydrogen) atoms. The van der Waals surface area contributed by atoms with Gasteiger partial charge in [-0.3, -0.25) is 4.79 Å². The van der Waals surface area contributed by atoms with Crippen molar-refractivity contribution in [3.8, 4) is 22.8 Å². The maximum absolute atomic E-state index is 12.1. The zero-order valence-corrected chi connectivity index (χ0v) is 16.1. The molecule has 0 aliphatic carbocycles. The molecule has 1 amide bonds. The molecule has 2 heterocycles. The number of rotatable bonds is 6. The summed E-state index contributed by atoms with van der Waals surface area (Å²) in [6.45, 7) is 0.190. The number of furan rings is 1. The van der Waals surface area contributed by atoms with E-state index in [9.17, 15) is 9.59 Å². The van der Waals surface area contributed by atoms with Gasteiger partial charge < -0.3 is 18.6 Å². The van der Waals surface area contributed by atoms with Crippen molar-refractivity contribution >= 4 is 18.1 Å². The van der Waals surface area contributed by atoms with E-state index >= 15 is 0 Å². The van der Waals surface area contributed by atoms with Gasteiger partial charge in [-0.1, -0.05) is 18.2 Å². The van der Waals surface area contributed by atoms with Crippen LogP contribution in [0.4, 0.5) is 0 Å². The number of benzene rings is 2. The topological polar surface area (TPSA) is 99.4 Å². The van der Waals surface area contributed by atoms with E-state index in [2.05, 4.69) is 15.3 Å². The van der Waals surface area contributed by atoms with Gasteiger partial charge in [0.05, 0.1) is 25.3 Å². The zero-order valence-electron chi connectivity index (χ0n) is 16.1. The van der Waals surface area contributed by atoms with E-state index in [0.29, 0.717) is 28.6 Å². The Morgan fingerprint density at radius 1 is 1.07 bits per heavy atom. The molecule has 0 bridgehead atoms. The van der Waals surface area contributed by atoms with E-state index in [1.165, 1.54) is 13.3 Å². The van der Waals surface area contributed by atoms with Gasteiger partial charge in [0, 0.05) is 5.56 Å². The quantitative estimate of drug-likeness (QED) is 0.384. The summed E-state index contributed by atoms with van der Waals surface area (Å²) in [7, 11) is 1.34. The van der Waals surface area contributed by atoms with Gasteiger partial charge in [-0.15, -0.1) is 0 Å². The number of methoxy groups -OCH3 is 1. The minimum absolute atomic E-state index is 0.157. The maximum Gasteiger partial charge on any atom is 0.337 e. The highest BCUT2D eigenvalue weighted by Crippen LogP contribution is 2.32. The standard InChI is InChI=1S/C22H18N2O6/c1-27-22(26)16-5-3-15(4-6-16)18-9-7-17(30-18)12-23-24-21(25)11-14-2-8-19-20(10-14)29-13-28-19/h2-10,12H,11,13H2,1H3,(H,24,25)/b23-12-. The highest BCUT2D eigenvalue weighted by Gasteiger charge is 2.14. The van der Waals surface area contributed by atoms with Gasteiger partial charge in [-0.2, -0.15) is 5.10 Å². The van der Waals surface area contributed by atoms with Crippen molar-refractivity contribution in [1.29, 1.82) is 0 Å². The number of nitrogens with one attached hydrogen (secondary N) is 1. The highest BCUT2D eigenvalue weighted by molar-refractivity contribution is 5.90. The highest BCUT2D eigenvalue weighted by atomic mass is 16.7. The minimum atomic E-state index is -0.398. The normalized spacial score (nSPS) is 12.2. The molecular formula is C22H18N2O6. The molecule has 0 saturated heterocycles. The number of fused-ring (bicyclic) bond motifs is 1. The number of hydrogen-bond acceptors (Lipinski definition) is 7. The lowest BCUT2D eigenvalue weighted by molar-refractivity contribution is -0.120. The lowest BCUT2D eigenvalue weighted by Crippen LogP contribution is -2.19. The Morgan fingerprint density at radius 3 is 2.67 bits per heavy atom. The van der Waals surface area contributed by atoms with Crippen LogP contribution in [-0.4, -0.2) is 32.0 Å². The van der Waals surface area contributed by atoms with Crippen LogP contribution in [0.2, 0.25) is 0 Å². The Kier molecular flexibility index (Phi) is 5.47. The van der Waals surface area contributed by atoms with Gasteiger partial charge in [-0.05, 0) is 42.0 Å². The molecule has 0 radical (unpaired) electrons. The summed E-state index contributed by atoms with van der Waals surface area (Å²) in [6.07, 6.45) is 1.58. The van der Waals surface area contributed by atoms with E-state index in [4.69, 9.17) is 13.9 Å². The number of carbonyl (C=O) groups excluding carboxylic acids is 2. The first-order valence-electron chi connectivity index (χ1n) is 9.11. The van der Waals surface area contributed by atoms with Crippen LogP contribution in [0.3, 0.4) is 0 Å². The molecule has 0 saturated carbocycles. The summed E-state index contributed by atoms with van der Waals surface area (Å²) in [5.41, 5.74) is 4.52. The van der Waals surface area contributed by atoms with Gasteiger partial charge >= 0.3 is 5.97 Å². The van der Waals surface area contributed by atoms with Crippen LogP contribution >= 0.6 is 0 Å². The molecule has 1 aliphatic rings. The van der Waals surface area contributed by atoms with Crippen molar-refractivity contribution in [3.63, 3.8) is 0 Å². The molecule has 1 aromatic heterocycles. The van der Waals surface area contributed by atoms with Crippen molar-refractivity contribution in [1.82, 2.24) is 5.43 Å². The van der Waals surface area contributed by atoms with Crippen molar-refractivity contribution in [2.75, 3.05) is 13.9 Å². The average Bonchev–Trinajstić information content (AvgIpc) is 3.42. The Morgan fingerprint density at radius 2 is 1.87 bits per heavy atom. The van der Waals surface area contributed by atoms with E-state index in [0.717, 1.165) is 11.1 Å². The summed E-state index contributed by atoms with van der Waals surface area (Å²) in [4.78, 5) is 23.6. The van der Waals surface area contributed by atoms with E-state index in [-0.39, 0.29) is 19.1 Å². The molecule has 0 spiro atoms. The number of amides is 1. The molecule has 0 unspecified atom stereocenters. The van der Waals surface area contributed by atoms with Crippen LogP contribution in [0.15, 0.2) is 64.1 Å². The summed E-state index contributed by atoms with van der Waals surface area (Å²) in [5.74, 6) is 1.72. The molecule has 2 aromatic carbocycles. The second kappa shape index (κ2) is 8.52. The van der Waals surface area contributed by atoms with Crippen LogP contribution in [0.25, 0.3) is 11.3 Å². The molecule has 0 fully saturated rings. The van der Waals surface area contributed by atoms with Crippen LogP contribution in [0, 0.1) is 0 Å². The summed E-state index contributed by atoms with van der Waals surface area (Å²) < 4.78 is 20.9. The van der Waals surface area contributed by atoms with Crippen LogP contribution < -0.4 is 14.9 Å². The van der Waals surface area contributed by atoms with Crippen LogP contribution in [0.5, 0.6) is 11.5 Å². The summed E-state index contributed by atoms with van der Waals surface area (Å²) in [6, 6.07) is 15.7. The zero-order chi connectivity index (χ0) is 20.9. The fourth-order valence-corrected chi connectivity index (χ4v) is 2.91. The second-order valence-corrected chi connectivity index (χ2v) is 6.43. The van der Waals surface area contributed by atoms with E-state index in [1.54, 1.807) is 54.6 Å². The molecule has 8 heteroatoms. The van der Waals surface area contributed by atoms with Gasteiger partial charge in [-0.25, -0.2) is 10.2 Å². The number of ether oxygens (including phenoxy) is 3. The maximum atomic E-state index is 12.1. The van der Waals surface area contributed by atoms with Crippen LogP contribution in [0.1, 0.15) is 21.7 Å². The first-order valence-corrected chi connectivity index (χ1v) is 9.11. The van der Waals surface area contributed by atoms with Gasteiger partial charge in [0.1, 0.15) is 11.5 Å². The smallest absolute Gasteiger partial charge is 0.337 e. The minimum Gasteiger partial charge on any atom is -0.465 e. The molecule has 3 aromatic rings. The number of esters is 1. The Bertz CT molecular complexity index is 1100. The van der Waals surface area contributed by atoms with Crippen molar-refractivity contribution in [3.05, 3.63) is 71.5 Å². The van der Waals surface area contributed by atoms with Gasteiger partial charge in [0.2, 0.25) is 12.7 Å². The Labute approximate surface area is 172 Å². The molecular weight excluding hydrogens is 388 g/mol. The van der Waals surface area contributed by atoms with Crippen molar-refractivity contribution < 1.29 is 28.2 Å². The number of hydrazone groups is 1. The van der Waals surface area contributed by atoms with E-state index < -0.39 is 5.97 Å². The van der Waals surface area contributed by atoms with E-state index in [1.807, 2.05) is 0 Å². The Balaban J connectivity index is 1.33. The molecule has 1 aliphatic heterocycles. The largest absolute Gasteiger partial charge is 0.465 e. The SMILES string of the molecule is COC(=O)c1ccc(-c2ccc(/C=N\NC(=O)Cc3ccc4c(c3)OCO4)o2)cc1. The number of nitrogens with zero attached hydrogens (tertiary/aromatic N) is 1. The predicted molar refractivity (Wildman–Crippen MR) is 107 cm³/mol. The first-order chi connectivity index (χ1) is 14.6. The van der Waals surface area contributed by atoms with Crippen molar-refractivity contribution in [2.24, 2.45) is 5.10 Å². The fourth-order valence-electron chi connectivity index (χ4n) is 2.91. The van der Waals surface area contributed by atoms with Crippen molar-refractivity contribution in [2.45, 2.75) is 6.42 Å². The Hall–Kier alpha value is -4.07. The van der Waals surface area contributed by atoms with Gasteiger partial charge in [0.25, 0.3) is 0 Å². The number of hydrogen-bond donors (Lipinski definition) is 1. The summed E-state index contributed by atoms with van der Waals surface area (Å²) in [5, 5.41) is 3.93. The van der Waals surface area contributed by atoms with Gasteiger partial charge in [0.15, 0.2) is 11.5 Å². The molecule has 152 valence electrons. The lowest BCUT2D eigenvalue weighted by Gasteiger charge is -2.02. The second-order valence-electron chi connectivity index (χ2n) is 6.43.